The molecule has 0 fully saturated rings. The maximum absolute atomic E-state index is 11.4. The van der Waals surface area contributed by atoms with Gasteiger partial charge in [-0.05, 0) is 58.3 Å². The molecular weight excluding hydrogens is 401 g/mol. The highest BCUT2D eigenvalue weighted by Crippen LogP contribution is 2.36. The SMILES string of the molecule is Cc1cccc(C(O)c2cc3c(cc2Cl)NC(=O)C3)c1I. The Bertz CT molecular complexity index is 745. The number of aliphatic hydroxyl groups excluding tert-OH is 1. The summed E-state index contributed by atoms with van der Waals surface area (Å²) in [5, 5.41) is 13.9. The third-order valence-corrected chi connectivity index (χ3v) is 5.46. The summed E-state index contributed by atoms with van der Waals surface area (Å²) >= 11 is 8.51. The van der Waals surface area contributed by atoms with E-state index in [-0.39, 0.29) is 5.91 Å². The lowest BCUT2D eigenvalue weighted by molar-refractivity contribution is -0.115. The summed E-state index contributed by atoms with van der Waals surface area (Å²) in [6.07, 6.45) is -0.470. The highest BCUT2D eigenvalue weighted by Gasteiger charge is 2.23. The highest BCUT2D eigenvalue weighted by atomic mass is 127. The maximum Gasteiger partial charge on any atom is 0.228 e. The molecule has 2 N–H and O–H groups in total. The lowest BCUT2D eigenvalue weighted by Gasteiger charge is -2.17. The molecule has 108 valence electrons. The average molecular weight is 414 g/mol. The van der Waals surface area contributed by atoms with Crippen molar-refractivity contribution in [1.82, 2.24) is 0 Å². The molecule has 3 rings (SSSR count). The van der Waals surface area contributed by atoms with Gasteiger partial charge in [0.05, 0.1) is 6.42 Å². The summed E-state index contributed by atoms with van der Waals surface area (Å²) in [6.45, 7) is 2.00. The molecule has 0 saturated carbocycles. The predicted molar refractivity (Wildman–Crippen MR) is 91.7 cm³/mol. The molecule has 0 radical (unpaired) electrons. The number of rotatable bonds is 2. The van der Waals surface area contributed by atoms with Crippen LogP contribution in [0.25, 0.3) is 0 Å². The van der Waals surface area contributed by atoms with E-state index in [1.807, 2.05) is 31.2 Å². The summed E-state index contributed by atoms with van der Waals surface area (Å²) < 4.78 is 1.02. The number of hydrogen-bond acceptors (Lipinski definition) is 2. The fraction of sp³-hybridized carbons (Fsp3) is 0.188. The minimum atomic E-state index is -0.801. The van der Waals surface area contributed by atoms with Gasteiger partial charge in [0.2, 0.25) is 5.91 Å². The van der Waals surface area contributed by atoms with Gasteiger partial charge in [-0.3, -0.25) is 4.79 Å². The number of anilines is 1. The van der Waals surface area contributed by atoms with Gasteiger partial charge in [0, 0.05) is 19.8 Å². The van der Waals surface area contributed by atoms with Gasteiger partial charge in [-0.15, -0.1) is 0 Å². The first kappa shape index (κ1) is 14.8. The van der Waals surface area contributed by atoms with Gasteiger partial charge in [0.1, 0.15) is 6.10 Å². The van der Waals surface area contributed by atoms with E-state index in [1.54, 1.807) is 6.07 Å². The molecule has 1 amide bonds. The molecule has 1 heterocycles. The van der Waals surface area contributed by atoms with Crippen LogP contribution in [0.4, 0.5) is 5.69 Å². The molecular formula is C16H13ClINO2. The van der Waals surface area contributed by atoms with E-state index >= 15 is 0 Å². The number of halogens is 2. The number of fused-ring (bicyclic) bond motifs is 1. The lowest BCUT2D eigenvalue weighted by Crippen LogP contribution is -2.04. The number of hydrogen-bond donors (Lipinski definition) is 2. The number of aryl methyl sites for hydroxylation is 1. The molecule has 2 aromatic rings. The standard InChI is InChI=1S/C16H13ClINO2/c1-8-3-2-4-10(15(8)18)16(21)11-5-9-6-14(20)19-13(9)7-12(11)17/h2-5,7,16,21H,6H2,1H3,(H,19,20). The Labute approximate surface area is 141 Å². The number of aliphatic hydroxyl groups is 1. The second-order valence-electron chi connectivity index (χ2n) is 5.14. The Morgan fingerprint density at radius 2 is 2.10 bits per heavy atom. The Morgan fingerprint density at radius 3 is 2.86 bits per heavy atom. The third-order valence-electron chi connectivity index (χ3n) is 3.66. The summed E-state index contributed by atoms with van der Waals surface area (Å²) in [5.41, 5.74) is 4.19. The van der Waals surface area contributed by atoms with E-state index in [4.69, 9.17) is 11.6 Å². The second-order valence-corrected chi connectivity index (χ2v) is 6.62. The Hall–Kier alpha value is -1.11. The lowest BCUT2D eigenvalue weighted by atomic mass is 9.97. The van der Waals surface area contributed by atoms with E-state index in [0.29, 0.717) is 17.0 Å². The summed E-state index contributed by atoms with van der Waals surface area (Å²) in [5.74, 6) is -0.0437. The van der Waals surface area contributed by atoms with Crippen LogP contribution in [-0.2, 0) is 11.2 Å². The summed E-state index contributed by atoms with van der Waals surface area (Å²) in [6, 6.07) is 9.35. The van der Waals surface area contributed by atoms with Crippen LogP contribution in [0.5, 0.6) is 0 Å². The van der Waals surface area contributed by atoms with E-state index in [9.17, 15) is 9.90 Å². The average Bonchev–Trinajstić information content (AvgIpc) is 2.79. The van der Waals surface area contributed by atoms with Crippen LogP contribution in [0.3, 0.4) is 0 Å². The van der Waals surface area contributed by atoms with Crippen LogP contribution in [0.1, 0.15) is 28.4 Å². The molecule has 3 nitrogen and oxygen atoms in total. The molecule has 1 atom stereocenters. The van der Waals surface area contributed by atoms with Gasteiger partial charge in [0.15, 0.2) is 0 Å². The zero-order valence-corrected chi connectivity index (χ0v) is 14.2. The molecule has 21 heavy (non-hydrogen) atoms. The molecule has 0 bridgehead atoms. The minimum Gasteiger partial charge on any atom is -0.384 e. The van der Waals surface area contributed by atoms with E-state index < -0.39 is 6.10 Å². The number of nitrogens with one attached hydrogen (secondary N) is 1. The molecule has 2 aromatic carbocycles. The van der Waals surface area contributed by atoms with E-state index in [0.717, 1.165) is 25.9 Å². The smallest absolute Gasteiger partial charge is 0.228 e. The van der Waals surface area contributed by atoms with Crippen LogP contribution in [0, 0.1) is 10.5 Å². The Morgan fingerprint density at radius 1 is 1.33 bits per heavy atom. The van der Waals surface area contributed by atoms with Gasteiger partial charge < -0.3 is 10.4 Å². The van der Waals surface area contributed by atoms with Crippen molar-refractivity contribution >= 4 is 45.8 Å². The normalized spacial score (nSPS) is 14.8. The van der Waals surface area contributed by atoms with Crippen LogP contribution < -0.4 is 5.32 Å². The van der Waals surface area contributed by atoms with Crippen molar-refractivity contribution in [2.45, 2.75) is 19.4 Å². The molecule has 5 heteroatoms. The fourth-order valence-electron chi connectivity index (χ4n) is 2.53. The second kappa shape index (κ2) is 5.59. The number of amides is 1. The minimum absolute atomic E-state index is 0.0437. The van der Waals surface area contributed by atoms with Crippen LogP contribution in [0.2, 0.25) is 5.02 Å². The topological polar surface area (TPSA) is 49.3 Å². The molecule has 1 unspecified atom stereocenters. The van der Waals surface area contributed by atoms with Crippen LogP contribution >= 0.6 is 34.2 Å². The predicted octanol–water partition coefficient (Wildman–Crippen LogP) is 3.83. The van der Waals surface area contributed by atoms with Crippen LogP contribution in [-0.4, -0.2) is 11.0 Å². The van der Waals surface area contributed by atoms with Crippen molar-refractivity contribution in [3.63, 3.8) is 0 Å². The quantitative estimate of drug-likeness (QED) is 0.735. The first-order valence-corrected chi connectivity index (χ1v) is 7.98. The monoisotopic (exact) mass is 413 g/mol. The first-order chi connectivity index (χ1) is 9.97. The molecule has 0 saturated heterocycles. The Balaban J connectivity index is 2.06. The van der Waals surface area contributed by atoms with E-state index in [1.165, 1.54) is 0 Å². The first-order valence-electron chi connectivity index (χ1n) is 6.52. The summed E-state index contributed by atoms with van der Waals surface area (Å²) in [7, 11) is 0. The van der Waals surface area contributed by atoms with Crippen molar-refractivity contribution in [3.05, 3.63) is 61.2 Å². The van der Waals surface area contributed by atoms with Crippen molar-refractivity contribution < 1.29 is 9.90 Å². The van der Waals surface area contributed by atoms with Gasteiger partial charge in [-0.2, -0.15) is 0 Å². The highest BCUT2D eigenvalue weighted by molar-refractivity contribution is 14.1. The third kappa shape index (κ3) is 2.67. The largest absolute Gasteiger partial charge is 0.384 e. The van der Waals surface area contributed by atoms with Crippen molar-refractivity contribution in [3.8, 4) is 0 Å². The zero-order valence-electron chi connectivity index (χ0n) is 11.3. The van der Waals surface area contributed by atoms with Crippen LogP contribution in [0.15, 0.2) is 30.3 Å². The molecule has 1 aliphatic rings. The van der Waals surface area contributed by atoms with Crippen molar-refractivity contribution in [2.75, 3.05) is 5.32 Å². The maximum atomic E-state index is 11.4. The number of benzene rings is 2. The van der Waals surface area contributed by atoms with E-state index in [2.05, 4.69) is 27.9 Å². The summed E-state index contributed by atoms with van der Waals surface area (Å²) in [4.78, 5) is 11.4. The van der Waals surface area contributed by atoms with Gasteiger partial charge in [-0.1, -0.05) is 29.8 Å². The molecule has 0 aliphatic carbocycles. The number of carbonyl (C=O) groups is 1. The van der Waals surface area contributed by atoms with Gasteiger partial charge in [-0.25, -0.2) is 0 Å². The Kier molecular flexibility index (Phi) is 3.94. The van der Waals surface area contributed by atoms with Gasteiger partial charge in [0.25, 0.3) is 0 Å². The number of carbonyl (C=O) groups excluding carboxylic acids is 1. The molecule has 0 spiro atoms. The fourth-order valence-corrected chi connectivity index (χ4v) is 3.45. The van der Waals surface area contributed by atoms with Crippen molar-refractivity contribution in [1.29, 1.82) is 0 Å². The van der Waals surface area contributed by atoms with Gasteiger partial charge >= 0.3 is 0 Å². The molecule has 0 aromatic heterocycles. The zero-order chi connectivity index (χ0) is 15.1. The molecule has 1 aliphatic heterocycles. The van der Waals surface area contributed by atoms with Crippen molar-refractivity contribution in [2.24, 2.45) is 0 Å².